The minimum atomic E-state index is -0.675. The van der Waals surface area contributed by atoms with Crippen LogP contribution in [0.4, 0.5) is 10.1 Å². The van der Waals surface area contributed by atoms with Gasteiger partial charge >= 0.3 is 0 Å². The monoisotopic (exact) mass is 520 g/mol. The van der Waals surface area contributed by atoms with E-state index in [1.807, 2.05) is 37.3 Å². The van der Waals surface area contributed by atoms with E-state index in [0.717, 1.165) is 22.4 Å². The Morgan fingerprint density at radius 2 is 1.89 bits per heavy atom. The van der Waals surface area contributed by atoms with Crippen LogP contribution < -0.4 is 5.32 Å². The molecule has 6 nitrogen and oxygen atoms in total. The van der Waals surface area contributed by atoms with Gasteiger partial charge in [0.25, 0.3) is 5.91 Å². The summed E-state index contributed by atoms with van der Waals surface area (Å²) in [5.74, 6) is -1.34. The number of amides is 2. The lowest BCUT2D eigenvalue weighted by molar-refractivity contribution is -0.121. The first-order valence-electron chi connectivity index (χ1n) is 11.4. The fourth-order valence-corrected chi connectivity index (χ4v) is 5.34. The molecule has 0 spiro atoms. The molecule has 2 aliphatic rings. The average molecular weight is 521 g/mol. The fourth-order valence-electron chi connectivity index (χ4n) is 4.10. The van der Waals surface area contributed by atoms with Crippen molar-refractivity contribution in [1.82, 2.24) is 5.01 Å². The zero-order valence-electron chi connectivity index (χ0n) is 19.3. The molecule has 0 saturated heterocycles. The van der Waals surface area contributed by atoms with Gasteiger partial charge in [0.05, 0.1) is 16.8 Å². The van der Waals surface area contributed by atoms with Gasteiger partial charge in [-0.2, -0.15) is 10.1 Å². The van der Waals surface area contributed by atoms with Gasteiger partial charge in [-0.05, 0) is 36.2 Å². The second-order valence-electron chi connectivity index (χ2n) is 8.61. The number of hydrogen-bond acceptors (Lipinski definition) is 5. The number of aryl methyl sites for hydroxylation is 1. The number of halogens is 2. The zero-order chi connectivity index (χ0) is 25.2. The number of carbonyl (C=O) groups excluding carboxylic acids is 2. The third-order valence-corrected chi connectivity index (χ3v) is 7.41. The Bertz CT molecular complexity index is 1380. The molecule has 1 N–H and O–H groups in total. The van der Waals surface area contributed by atoms with Crippen molar-refractivity contribution in [3.63, 3.8) is 0 Å². The van der Waals surface area contributed by atoms with Crippen molar-refractivity contribution in [2.24, 2.45) is 10.1 Å². The maximum absolute atomic E-state index is 13.4. The minimum Gasteiger partial charge on any atom is -0.326 e. The van der Waals surface area contributed by atoms with Gasteiger partial charge in [-0.3, -0.25) is 9.59 Å². The third kappa shape index (κ3) is 5.20. The summed E-state index contributed by atoms with van der Waals surface area (Å²) < 4.78 is 13.4. The van der Waals surface area contributed by atoms with Crippen LogP contribution in [0.3, 0.4) is 0 Å². The Morgan fingerprint density at radius 1 is 1.14 bits per heavy atom. The van der Waals surface area contributed by atoms with Crippen LogP contribution in [0.2, 0.25) is 5.02 Å². The highest BCUT2D eigenvalue weighted by Crippen LogP contribution is 2.38. The molecular formula is C27H22ClFN4O2S. The van der Waals surface area contributed by atoms with Gasteiger partial charge in [0.2, 0.25) is 5.91 Å². The molecule has 0 radical (unpaired) electrons. The van der Waals surface area contributed by atoms with Gasteiger partial charge in [-0.1, -0.05) is 83.5 Å². The van der Waals surface area contributed by atoms with E-state index in [1.54, 1.807) is 5.01 Å². The number of benzene rings is 3. The predicted octanol–water partition coefficient (Wildman–Crippen LogP) is 5.97. The number of hydrazone groups is 1. The van der Waals surface area contributed by atoms with Gasteiger partial charge in [-0.25, -0.2) is 9.40 Å². The van der Waals surface area contributed by atoms with Gasteiger partial charge in [-0.15, -0.1) is 0 Å². The van der Waals surface area contributed by atoms with E-state index in [-0.39, 0.29) is 29.3 Å². The van der Waals surface area contributed by atoms with Gasteiger partial charge < -0.3 is 5.32 Å². The van der Waals surface area contributed by atoms with Gasteiger partial charge in [0, 0.05) is 18.5 Å². The highest BCUT2D eigenvalue weighted by atomic mass is 35.5. The molecule has 3 aromatic rings. The number of hydrogen-bond donors (Lipinski definition) is 1. The van der Waals surface area contributed by atoms with Crippen molar-refractivity contribution >= 4 is 51.7 Å². The summed E-state index contributed by atoms with van der Waals surface area (Å²) in [6.45, 7) is 2.03. The molecule has 0 fully saturated rings. The molecule has 2 heterocycles. The topological polar surface area (TPSA) is 74.1 Å². The van der Waals surface area contributed by atoms with Crippen molar-refractivity contribution in [2.75, 3.05) is 5.32 Å². The van der Waals surface area contributed by atoms with Crippen molar-refractivity contribution in [1.29, 1.82) is 0 Å². The molecule has 2 amide bonds. The van der Waals surface area contributed by atoms with Crippen molar-refractivity contribution in [2.45, 2.75) is 31.1 Å². The number of thioether (sulfide) groups is 1. The molecule has 36 heavy (non-hydrogen) atoms. The maximum atomic E-state index is 13.4. The molecule has 5 rings (SSSR count). The second-order valence-corrected chi connectivity index (χ2v) is 10.2. The predicted molar refractivity (Wildman–Crippen MR) is 142 cm³/mol. The fraction of sp³-hybridized carbons (Fsp3) is 0.185. The van der Waals surface area contributed by atoms with E-state index in [0.29, 0.717) is 17.3 Å². The Hall–Kier alpha value is -3.49. The van der Waals surface area contributed by atoms with E-state index in [1.165, 1.54) is 30.0 Å². The maximum Gasteiger partial charge on any atom is 0.262 e. The van der Waals surface area contributed by atoms with Gasteiger partial charge in [0.15, 0.2) is 5.17 Å². The first kappa shape index (κ1) is 24.2. The van der Waals surface area contributed by atoms with Crippen molar-refractivity contribution < 1.29 is 14.0 Å². The molecule has 2 aliphatic heterocycles. The lowest BCUT2D eigenvalue weighted by Crippen LogP contribution is -2.25. The largest absolute Gasteiger partial charge is 0.326 e. The summed E-state index contributed by atoms with van der Waals surface area (Å²) >= 11 is 7.02. The molecule has 0 saturated carbocycles. The molecule has 2 atom stereocenters. The Balaban J connectivity index is 1.33. The van der Waals surface area contributed by atoms with Crippen LogP contribution in [-0.2, 0) is 9.59 Å². The normalized spacial score (nSPS) is 19.3. The quantitative estimate of drug-likeness (QED) is 0.450. The number of amidine groups is 1. The van der Waals surface area contributed by atoms with Crippen LogP contribution in [0.1, 0.15) is 35.6 Å². The smallest absolute Gasteiger partial charge is 0.262 e. The van der Waals surface area contributed by atoms with Crippen LogP contribution in [-0.4, -0.2) is 33.0 Å². The van der Waals surface area contributed by atoms with Crippen LogP contribution in [0.15, 0.2) is 82.9 Å². The van der Waals surface area contributed by atoms with Gasteiger partial charge in [0.1, 0.15) is 11.1 Å². The Morgan fingerprint density at radius 3 is 2.61 bits per heavy atom. The second kappa shape index (κ2) is 10.2. The summed E-state index contributed by atoms with van der Waals surface area (Å²) in [6, 6.07) is 22.0. The Kier molecular flexibility index (Phi) is 6.89. The SMILES string of the molecule is Cc1ccc([C@H]2CC(c3ccccc3)=NN2C2=NC(=O)[C@@H](CC(=O)Nc3ccc(F)c(Cl)c3)S2)cc1. The number of aliphatic imine (C=N–C) groups is 1. The third-order valence-electron chi connectivity index (χ3n) is 5.98. The molecule has 182 valence electrons. The number of anilines is 1. The van der Waals surface area contributed by atoms with E-state index in [9.17, 15) is 14.0 Å². The summed E-state index contributed by atoms with van der Waals surface area (Å²) in [6.07, 6.45) is 0.584. The lowest BCUT2D eigenvalue weighted by Gasteiger charge is -2.23. The summed E-state index contributed by atoms with van der Waals surface area (Å²) in [5, 5.41) is 9.02. The molecular weight excluding hydrogens is 499 g/mol. The Labute approximate surface area is 217 Å². The molecule has 9 heteroatoms. The molecule has 3 aromatic carbocycles. The molecule has 0 bridgehead atoms. The minimum absolute atomic E-state index is 0.0796. The van der Waals surface area contributed by atoms with E-state index in [4.69, 9.17) is 16.7 Å². The molecule has 0 aliphatic carbocycles. The number of nitrogens with zero attached hydrogens (tertiary/aromatic N) is 3. The van der Waals surface area contributed by atoms with Crippen LogP contribution in [0.5, 0.6) is 0 Å². The van der Waals surface area contributed by atoms with E-state index >= 15 is 0 Å². The van der Waals surface area contributed by atoms with Crippen LogP contribution in [0, 0.1) is 12.7 Å². The van der Waals surface area contributed by atoms with Crippen molar-refractivity contribution in [3.8, 4) is 0 Å². The summed E-state index contributed by atoms with van der Waals surface area (Å²) in [4.78, 5) is 29.6. The first-order valence-corrected chi connectivity index (χ1v) is 12.7. The van der Waals surface area contributed by atoms with E-state index < -0.39 is 11.1 Å². The molecule has 0 unspecified atom stereocenters. The summed E-state index contributed by atoms with van der Waals surface area (Å²) in [5.41, 5.74) is 4.51. The van der Waals surface area contributed by atoms with Crippen molar-refractivity contribution in [3.05, 3.63) is 100 Å². The highest BCUT2D eigenvalue weighted by molar-refractivity contribution is 8.15. The molecule has 0 aromatic heterocycles. The lowest BCUT2D eigenvalue weighted by atomic mass is 9.98. The number of rotatable bonds is 5. The highest BCUT2D eigenvalue weighted by Gasteiger charge is 2.39. The van der Waals surface area contributed by atoms with Crippen LogP contribution >= 0.6 is 23.4 Å². The van der Waals surface area contributed by atoms with Crippen LogP contribution in [0.25, 0.3) is 0 Å². The average Bonchev–Trinajstić information content (AvgIpc) is 3.46. The number of carbonyl (C=O) groups is 2. The number of nitrogens with one attached hydrogen (secondary N) is 1. The van der Waals surface area contributed by atoms with E-state index in [2.05, 4.69) is 34.6 Å². The zero-order valence-corrected chi connectivity index (χ0v) is 20.9. The first-order chi connectivity index (χ1) is 17.4. The summed E-state index contributed by atoms with van der Waals surface area (Å²) in [7, 11) is 0. The standard InChI is InChI=1S/C27H22ClFN4O2S/c1-16-7-9-18(10-8-16)23-14-22(17-5-3-2-4-6-17)32-33(23)27-31-26(35)24(36-27)15-25(34)30-19-11-12-21(29)20(28)13-19/h2-13,23-24H,14-15H2,1H3,(H,30,34)/t23-,24-/m1/s1.